The molecule has 27 heavy (non-hydrogen) atoms. The summed E-state index contributed by atoms with van der Waals surface area (Å²) in [6, 6.07) is 7.64. The number of ether oxygens (including phenoxy) is 3. The highest BCUT2D eigenvalue weighted by atomic mass is 16.5. The first-order valence-electron chi connectivity index (χ1n) is 8.61. The molecule has 3 rings (SSSR count). The van der Waals surface area contributed by atoms with E-state index < -0.39 is 0 Å². The van der Waals surface area contributed by atoms with Gasteiger partial charge in [-0.05, 0) is 38.4 Å². The van der Waals surface area contributed by atoms with Crippen molar-refractivity contribution in [3.8, 4) is 28.5 Å². The fourth-order valence-electron chi connectivity index (χ4n) is 2.80. The molecule has 0 aliphatic carbocycles. The third-order valence-corrected chi connectivity index (χ3v) is 4.19. The van der Waals surface area contributed by atoms with Crippen molar-refractivity contribution in [2.24, 2.45) is 0 Å². The Morgan fingerprint density at radius 1 is 1.04 bits per heavy atom. The lowest BCUT2D eigenvalue weighted by molar-refractivity contribution is 0.324. The van der Waals surface area contributed by atoms with E-state index in [4.69, 9.17) is 14.2 Å². The normalized spacial score (nSPS) is 11.0. The Kier molecular flexibility index (Phi) is 5.66. The lowest BCUT2D eigenvalue weighted by atomic mass is 10.1. The van der Waals surface area contributed by atoms with Crippen LogP contribution in [0.2, 0.25) is 0 Å². The Bertz CT molecular complexity index is 898. The van der Waals surface area contributed by atoms with Crippen LogP contribution in [-0.2, 0) is 0 Å². The van der Waals surface area contributed by atoms with Crippen molar-refractivity contribution in [3.63, 3.8) is 0 Å². The van der Waals surface area contributed by atoms with Crippen LogP contribution in [0.15, 0.2) is 30.5 Å². The molecule has 144 valence electrons. The zero-order valence-electron chi connectivity index (χ0n) is 16.3. The number of likely N-dealkylation sites (N-methyl/N-ethyl adjacent to an activating group) is 1. The molecule has 1 N–H and O–H groups in total. The predicted molar refractivity (Wildman–Crippen MR) is 105 cm³/mol. The van der Waals surface area contributed by atoms with Crippen molar-refractivity contribution in [2.45, 2.75) is 0 Å². The first kappa shape index (κ1) is 18.8. The molecule has 0 radical (unpaired) electrons. The lowest BCUT2D eigenvalue weighted by Crippen LogP contribution is -2.21. The van der Waals surface area contributed by atoms with E-state index in [-0.39, 0.29) is 0 Å². The Morgan fingerprint density at radius 3 is 2.33 bits per heavy atom. The van der Waals surface area contributed by atoms with Crippen LogP contribution in [0.25, 0.3) is 16.9 Å². The molecule has 0 atom stereocenters. The Hall–Kier alpha value is -3.00. The summed E-state index contributed by atoms with van der Waals surface area (Å²) in [5, 5.41) is 8.00. The molecule has 0 saturated carbocycles. The van der Waals surface area contributed by atoms with Crippen molar-refractivity contribution >= 4 is 11.5 Å². The third-order valence-electron chi connectivity index (χ3n) is 4.19. The summed E-state index contributed by atoms with van der Waals surface area (Å²) in [6.45, 7) is 1.73. The molecule has 3 aromatic rings. The molecular weight excluding hydrogens is 346 g/mol. The highest BCUT2D eigenvalue weighted by Gasteiger charge is 2.16. The molecule has 0 aliphatic heterocycles. The van der Waals surface area contributed by atoms with Crippen LogP contribution in [0.3, 0.4) is 0 Å². The van der Waals surface area contributed by atoms with E-state index in [0.29, 0.717) is 17.2 Å². The van der Waals surface area contributed by atoms with Gasteiger partial charge in [0.25, 0.3) is 0 Å². The zero-order chi connectivity index (χ0) is 19.4. The van der Waals surface area contributed by atoms with Crippen molar-refractivity contribution < 1.29 is 14.2 Å². The second-order valence-corrected chi connectivity index (χ2v) is 6.28. The first-order chi connectivity index (χ1) is 13.1. The standard InChI is InChI=1S/C19H25N5O3/c1-23(2)9-8-20-17-6-7-18-21-12-14(24(18)22-17)13-10-15(25-3)19(27-5)16(11-13)26-4/h6-7,10-12H,8-9H2,1-5H3,(H,20,22). The Labute approximate surface area is 158 Å². The van der Waals surface area contributed by atoms with E-state index >= 15 is 0 Å². The number of anilines is 1. The smallest absolute Gasteiger partial charge is 0.203 e. The van der Waals surface area contributed by atoms with Gasteiger partial charge in [0.2, 0.25) is 5.75 Å². The molecule has 2 heterocycles. The highest BCUT2D eigenvalue weighted by molar-refractivity contribution is 5.70. The maximum absolute atomic E-state index is 5.46. The van der Waals surface area contributed by atoms with E-state index in [1.165, 1.54) is 0 Å². The summed E-state index contributed by atoms with van der Waals surface area (Å²) in [7, 11) is 8.86. The molecule has 0 saturated heterocycles. The van der Waals surface area contributed by atoms with Crippen LogP contribution < -0.4 is 19.5 Å². The van der Waals surface area contributed by atoms with E-state index in [9.17, 15) is 0 Å². The Morgan fingerprint density at radius 2 is 1.74 bits per heavy atom. The van der Waals surface area contributed by atoms with Crippen molar-refractivity contribution in [1.82, 2.24) is 19.5 Å². The highest BCUT2D eigenvalue weighted by Crippen LogP contribution is 2.41. The second-order valence-electron chi connectivity index (χ2n) is 6.28. The number of benzene rings is 1. The average Bonchev–Trinajstić information content (AvgIpc) is 3.09. The van der Waals surface area contributed by atoms with Gasteiger partial charge in [0.1, 0.15) is 5.82 Å². The molecular formula is C19H25N5O3. The lowest BCUT2D eigenvalue weighted by Gasteiger charge is -2.14. The molecule has 0 spiro atoms. The quantitative estimate of drug-likeness (QED) is 0.652. The molecule has 0 aliphatic rings. The number of imidazole rings is 1. The summed E-state index contributed by atoms with van der Waals surface area (Å²) in [5.41, 5.74) is 2.47. The SMILES string of the molecule is COc1cc(-c2cnc3ccc(NCCN(C)C)nn23)cc(OC)c1OC. The summed E-state index contributed by atoms with van der Waals surface area (Å²) < 4.78 is 18.1. The number of fused-ring (bicyclic) bond motifs is 1. The molecule has 0 unspecified atom stereocenters. The fourth-order valence-corrected chi connectivity index (χ4v) is 2.80. The average molecular weight is 371 g/mol. The molecule has 0 fully saturated rings. The summed E-state index contributed by atoms with van der Waals surface area (Å²) >= 11 is 0. The van der Waals surface area contributed by atoms with E-state index in [1.54, 1.807) is 32.0 Å². The number of rotatable bonds is 8. The van der Waals surface area contributed by atoms with Crippen LogP contribution in [0, 0.1) is 0 Å². The third kappa shape index (κ3) is 3.90. The van der Waals surface area contributed by atoms with Gasteiger partial charge in [0.15, 0.2) is 17.1 Å². The van der Waals surface area contributed by atoms with Crippen molar-refractivity contribution in [3.05, 3.63) is 30.5 Å². The summed E-state index contributed by atoms with van der Waals surface area (Å²) in [5.74, 6) is 2.51. The fraction of sp³-hybridized carbons (Fsp3) is 0.368. The van der Waals surface area contributed by atoms with Crippen LogP contribution in [0.5, 0.6) is 17.2 Å². The molecule has 0 bridgehead atoms. The van der Waals surface area contributed by atoms with Gasteiger partial charge in [0.05, 0.1) is 33.2 Å². The Balaban J connectivity index is 2.01. The van der Waals surface area contributed by atoms with Gasteiger partial charge >= 0.3 is 0 Å². The minimum absolute atomic E-state index is 0.552. The molecule has 2 aromatic heterocycles. The van der Waals surface area contributed by atoms with Gasteiger partial charge < -0.3 is 24.4 Å². The first-order valence-corrected chi connectivity index (χ1v) is 8.61. The van der Waals surface area contributed by atoms with Crippen LogP contribution in [0.4, 0.5) is 5.82 Å². The second kappa shape index (κ2) is 8.13. The number of hydrogen-bond donors (Lipinski definition) is 1. The van der Waals surface area contributed by atoms with Gasteiger partial charge in [-0.15, -0.1) is 5.10 Å². The van der Waals surface area contributed by atoms with E-state index in [1.807, 2.05) is 38.4 Å². The van der Waals surface area contributed by atoms with Crippen molar-refractivity contribution in [1.29, 1.82) is 0 Å². The van der Waals surface area contributed by atoms with Gasteiger partial charge in [-0.1, -0.05) is 0 Å². The maximum Gasteiger partial charge on any atom is 0.203 e. The number of nitrogens with zero attached hydrogens (tertiary/aromatic N) is 4. The summed E-state index contributed by atoms with van der Waals surface area (Å²) in [4.78, 5) is 6.56. The molecule has 8 heteroatoms. The van der Waals surface area contributed by atoms with Gasteiger partial charge in [-0.3, -0.25) is 0 Å². The van der Waals surface area contributed by atoms with Crippen LogP contribution >= 0.6 is 0 Å². The number of aromatic nitrogens is 3. The number of nitrogens with one attached hydrogen (secondary N) is 1. The minimum Gasteiger partial charge on any atom is -0.493 e. The number of hydrogen-bond acceptors (Lipinski definition) is 7. The van der Waals surface area contributed by atoms with Crippen molar-refractivity contribution in [2.75, 3.05) is 53.8 Å². The van der Waals surface area contributed by atoms with Gasteiger partial charge in [-0.2, -0.15) is 0 Å². The van der Waals surface area contributed by atoms with E-state index in [2.05, 4.69) is 20.3 Å². The molecule has 8 nitrogen and oxygen atoms in total. The van der Waals surface area contributed by atoms with Gasteiger partial charge in [0, 0.05) is 18.7 Å². The number of methoxy groups -OCH3 is 3. The maximum atomic E-state index is 5.46. The molecule has 0 amide bonds. The zero-order valence-corrected chi connectivity index (χ0v) is 16.3. The van der Waals surface area contributed by atoms with Crippen LogP contribution in [0.1, 0.15) is 0 Å². The van der Waals surface area contributed by atoms with Crippen LogP contribution in [-0.4, -0.2) is 68.0 Å². The predicted octanol–water partition coefficient (Wildman–Crippen LogP) is 2.40. The summed E-state index contributed by atoms with van der Waals surface area (Å²) in [6.07, 6.45) is 1.78. The minimum atomic E-state index is 0.552. The topological polar surface area (TPSA) is 73.2 Å². The molecule has 1 aromatic carbocycles. The largest absolute Gasteiger partial charge is 0.493 e. The van der Waals surface area contributed by atoms with Gasteiger partial charge in [-0.25, -0.2) is 9.50 Å². The monoisotopic (exact) mass is 371 g/mol. The van der Waals surface area contributed by atoms with E-state index in [0.717, 1.165) is 35.8 Å².